The Labute approximate surface area is 170 Å². The largest absolute Gasteiger partial charge is 0.385 e. The first-order valence-electron chi connectivity index (χ1n) is 9.70. The molecule has 0 spiro atoms. The number of benzene rings is 1. The highest BCUT2D eigenvalue weighted by atomic mass is 32.1. The minimum absolute atomic E-state index is 0.0358. The Morgan fingerprint density at radius 1 is 1.25 bits per heavy atom. The van der Waals surface area contributed by atoms with Crippen molar-refractivity contribution in [2.75, 3.05) is 38.3 Å². The molecule has 154 valence electrons. The van der Waals surface area contributed by atoms with E-state index in [2.05, 4.69) is 26.5 Å². The molecule has 0 bridgehead atoms. The first-order chi connectivity index (χ1) is 13.6. The predicted octanol–water partition coefficient (Wildman–Crippen LogP) is 3.42. The van der Waals surface area contributed by atoms with E-state index < -0.39 is 0 Å². The molecule has 0 saturated heterocycles. The Balaban J connectivity index is 1.90. The van der Waals surface area contributed by atoms with Gasteiger partial charge < -0.3 is 15.0 Å². The molecule has 8 heteroatoms. The van der Waals surface area contributed by atoms with Crippen molar-refractivity contribution in [3.63, 3.8) is 0 Å². The van der Waals surface area contributed by atoms with Gasteiger partial charge in [0.05, 0.1) is 0 Å². The Hall–Kier alpha value is -2.06. The summed E-state index contributed by atoms with van der Waals surface area (Å²) < 4.78 is 22.5. The van der Waals surface area contributed by atoms with Crippen LogP contribution in [0.25, 0.3) is 0 Å². The number of rotatable bonds is 13. The quantitative estimate of drug-likeness (QED) is 0.515. The second kappa shape index (κ2) is 12.4. The van der Waals surface area contributed by atoms with Crippen LogP contribution in [0.5, 0.6) is 0 Å². The van der Waals surface area contributed by atoms with Gasteiger partial charge in [-0.1, -0.05) is 25.5 Å². The molecule has 28 heavy (non-hydrogen) atoms. The predicted molar refractivity (Wildman–Crippen MR) is 110 cm³/mol. The van der Waals surface area contributed by atoms with Crippen molar-refractivity contribution in [2.24, 2.45) is 0 Å². The molecule has 0 fully saturated rings. The lowest BCUT2D eigenvalue weighted by molar-refractivity contribution is -0.120. The maximum absolute atomic E-state index is 13.0. The summed E-state index contributed by atoms with van der Waals surface area (Å²) in [4.78, 5) is 18.8. The number of amides is 1. The number of halogens is 1. The number of hydrogen-bond donors (Lipinski definition) is 1. The Morgan fingerprint density at radius 3 is 2.75 bits per heavy atom. The third-order valence-corrected chi connectivity index (χ3v) is 5.06. The summed E-state index contributed by atoms with van der Waals surface area (Å²) in [5, 5.41) is 3.75. The lowest BCUT2D eigenvalue weighted by Gasteiger charge is -2.20. The van der Waals surface area contributed by atoms with Crippen LogP contribution in [0.3, 0.4) is 0 Å². The zero-order valence-corrected chi connectivity index (χ0v) is 17.4. The summed E-state index contributed by atoms with van der Waals surface area (Å²) in [6.07, 6.45) is 3.90. The standard InChI is InChI=1S/C20H29FN4O2S/c1-3-4-12-25(13-10-19(26)22-11-5-14-27-2)20-23-18(24-28-20)15-16-6-8-17(21)9-7-16/h6-9H,3-5,10-15H2,1-2H3,(H,22,26). The van der Waals surface area contributed by atoms with Crippen LogP contribution in [0.2, 0.25) is 0 Å². The lowest BCUT2D eigenvalue weighted by atomic mass is 10.1. The number of nitrogens with zero attached hydrogens (tertiary/aromatic N) is 3. The van der Waals surface area contributed by atoms with Gasteiger partial charge in [-0.05, 0) is 30.5 Å². The summed E-state index contributed by atoms with van der Waals surface area (Å²) >= 11 is 1.35. The fourth-order valence-corrected chi connectivity index (χ4v) is 3.39. The number of hydrogen-bond acceptors (Lipinski definition) is 6. The van der Waals surface area contributed by atoms with Gasteiger partial charge in [-0.25, -0.2) is 9.37 Å². The van der Waals surface area contributed by atoms with E-state index in [4.69, 9.17) is 4.74 Å². The van der Waals surface area contributed by atoms with Crippen molar-refractivity contribution in [1.82, 2.24) is 14.7 Å². The van der Waals surface area contributed by atoms with Crippen molar-refractivity contribution < 1.29 is 13.9 Å². The zero-order valence-electron chi connectivity index (χ0n) is 16.6. The molecule has 1 N–H and O–H groups in total. The van der Waals surface area contributed by atoms with Gasteiger partial charge in [0.1, 0.15) is 11.6 Å². The molecular weight excluding hydrogens is 379 g/mol. The molecule has 1 amide bonds. The fraction of sp³-hybridized carbons (Fsp3) is 0.550. The molecule has 1 aromatic carbocycles. The van der Waals surface area contributed by atoms with Gasteiger partial charge in [-0.2, -0.15) is 4.37 Å². The third kappa shape index (κ3) is 7.90. The third-order valence-electron chi connectivity index (χ3n) is 4.24. The highest BCUT2D eigenvalue weighted by Crippen LogP contribution is 2.20. The minimum Gasteiger partial charge on any atom is -0.385 e. The molecule has 6 nitrogen and oxygen atoms in total. The summed E-state index contributed by atoms with van der Waals surface area (Å²) in [5.74, 6) is 0.507. The van der Waals surface area contributed by atoms with Crippen LogP contribution in [0, 0.1) is 5.82 Å². The van der Waals surface area contributed by atoms with E-state index in [0.717, 1.165) is 42.3 Å². The van der Waals surface area contributed by atoms with Crippen molar-refractivity contribution in [1.29, 1.82) is 0 Å². The van der Waals surface area contributed by atoms with Gasteiger partial charge in [-0.3, -0.25) is 4.79 Å². The summed E-state index contributed by atoms with van der Waals surface area (Å²) in [7, 11) is 1.65. The molecule has 0 radical (unpaired) electrons. The number of anilines is 1. The van der Waals surface area contributed by atoms with Gasteiger partial charge in [0.15, 0.2) is 0 Å². The number of carbonyl (C=O) groups excluding carboxylic acids is 1. The Morgan fingerprint density at radius 2 is 2.04 bits per heavy atom. The maximum atomic E-state index is 13.0. The van der Waals surface area contributed by atoms with Crippen LogP contribution in [0.1, 0.15) is 44.0 Å². The number of methoxy groups -OCH3 is 1. The van der Waals surface area contributed by atoms with Crippen LogP contribution in [-0.2, 0) is 16.0 Å². The van der Waals surface area contributed by atoms with Crippen molar-refractivity contribution in [3.8, 4) is 0 Å². The molecule has 0 atom stereocenters. The van der Waals surface area contributed by atoms with Crippen molar-refractivity contribution >= 4 is 22.6 Å². The fourth-order valence-electron chi connectivity index (χ4n) is 2.65. The van der Waals surface area contributed by atoms with Crippen LogP contribution in [0.15, 0.2) is 24.3 Å². The van der Waals surface area contributed by atoms with Crippen molar-refractivity contribution in [3.05, 3.63) is 41.5 Å². The van der Waals surface area contributed by atoms with E-state index in [1.54, 1.807) is 19.2 Å². The smallest absolute Gasteiger partial charge is 0.221 e. The zero-order chi connectivity index (χ0) is 20.2. The van der Waals surface area contributed by atoms with E-state index >= 15 is 0 Å². The van der Waals surface area contributed by atoms with E-state index in [1.165, 1.54) is 23.7 Å². The van der Waals surface area contributed by atoms with Crippen LogP contribution in [-0.4, -0.2) is 48.6 Å². The van der Waals surface area contributed by atoms with Crippen LogP contribution < -0.4 is 10.2 Å². The van der Waals surface area contributed by atoms with E-state index in [0.29, 0.717) is 32.5 Å². The lowest BCUT2D eigenvalue weighted by Crippen LogP contribution is -2.32. The number of carbonyl (C=O) groups is 1. The first-order valence-corrected chi connectivity index (χ1v) is 10.5. The molecule has 0 aliphatic heterocycles. The molecule has 1 heterocycles. The molecule has 0 aliphatic carbocycles. The summed E-state index contributed by atoms with van der Waals surface area (Å²) in [6, 6.07) is 6.39. The summed E-state index contributed by atoms with van der Waals surface area (Å²) in [5.41, 5.74) is 0.973. The highest BCUT2D eigenvalue weighted by molar-refractivity contribution is 7.09. The molecule has 2 aromatic rings. The Kier molecular flexibility index (Phi) is 9.85. The van der Waals surface area contributed by atoms with Crippen molar-refractivity contribution in [2.45, 2.75) is 39.0 Å². The van der Waals surface area contributed by atoms with Gasteiger partial charge in [0, 0.05) is 57.7 Å². The molecule has 0 saturated carbocycles. The average Bonchev–Trinajstić information content (AvgIpc) is 3.15. The number of nitrogens with one attached hydrogen (secondary N) is 1. The van der Waals surface area contributed by atoms with Crippen LogP contribution in [0.4, 0.5) is 9.52 Å². The van der Waals surface area contributed by atoms with Gasteiger partial charge in [-0.15, -0.1) is 0 Å². The minimum atomic E-state index is -0.248. The monoisotopic (exact) mass is 408 g/mol. The highest BCUT2D eigenvalue weighted by Gasteiger charge is 2.14. The summed E-state index contributed by atoms with van der Waals surface area (Å²) in [6.45, 7) is 4.87. The topological polar surface area (TPSA) is 67.4 Å². The molecule has 1 aromatic heterocycles. The SMILES string of the molecule is CCCCN(CCC(=O)NCCCOC)c1nc(Cc2ccc(F)cc2)ns1. The average molecular weight is 409 g/mol. The number of unbranched alkanes of at least 4 members (excludes halogenated alkanes) is 1. The Bertz CT molecular complexity index is 708. The molecular formula is C20H29FN4O2S. The first kappa shape index (κ1) is 22.2. The number of ether oxygens (including phenoxy) is 1. The van der Waals surface area contributed by atoms with Gasteiger partial charge in [0.2, 0.25) is 11.0 Å². The number of aromatic nitrogens is 2. The normalized spacial score (nSPS) is 10.8. The van der Waals surface area contributed by atoms with E-state index in [1.807, 2.05) is 0 Å². The van der Waals surface area contributed by atoms with E-state index in [-0.39, 0.29) is 11.7 Å². The maximum Gasteiger partial charge on any atom is 0.221 e. The second-order valence-electron chi connectivity index (χ2n) is 6.58. The molecule has 2 rings (SSSR count). The van der Waals surface area contributed by atoms with Crippen LogP contribution >= 0.6 is 11.5 Å². The molecule has 0 aliphatic rings. The van der Waals surface area contributed by atoms with E-state index in [9.17, 15) is 9.18 Å². The van der Waals surface area contributed by atoms with Gasteiger partial charge >= 0.3 is 0 Å². The second-order valence-corrected chi connectivity index (χ2v) is 7.31. The van der Waals surface area contributed by atoms with Gasteiger partial charge in [0.25, 0.3) is 0 Å². The molecule has 0 unspecified atom stereocenters.